The predicted octanol–water partition coefficient (Wildman–Crippen LogP) is 4.04. The number of rotatable bonds is 7. The molecule has 2 amide bonds. The third kappa shape index (κ3) is 4.69. The van der Waals surface area contributed by atoms with Gasteiger partial charge in [-0.3, -0.25) is 9.78 Å². The molecule has 1 heterocycles. The normalized spacial score (nSPS) is 12.9. The number of amides is 2. The summed E-state index contributed by atoms with van der Waals surface area (Å²) in [7, 11) is 0. The minimum absolute atomic E-state index is 0.0506. The number of carboxylic acid groups (broad SMARTS) is 1. The molecule has 0 saturated heterocycles. The molecule has 0 radical (unpaired) electrons. The SMILES string of the molecule is CC[C@H](NC(=O)OCC1c2ccccc2-c2ccccc21)C(=O)Nc1cncc(C(=O)O)c1. The number of carbonyl (C=O) groups excluding carboxylic acids is 2. The quantitative estimate of drug-likeness (QED) is 0.505. The van der Waals surface area contributed by atoms with E-state index in [1.54, 1.807) is 6.92 Å². The average Bonchev–Trinajstić information content (AvgIpc) is 3.15. The molecular formula is C25H23N3O5. The average molecular weight is 445 g/mol. The molecule has 1 aliphatic rings. The Balaban J connectivity index is 1.38. The van der Waals surface area contributed by atoms with Crippen molar-refractivity contribution in [1.82, 2.24) is 10.3 Å². The largest absolute Gasteiger partial charge is 0.478 e. The van der Waals surface area contributed by atoms with Crippen molar-refractivity contribution in [1.29, 1.82) is 0 Å². The fourth-order valence-corrected chi connectivity index (χ4v) is 3.99. The Bertz CT molecular complexity index is 1160. The Morgan fingerprint density at radius 2 is 1.67 bits per heavy atom. The Morgan fingerprint density at radius 3 is 2.27 bits per heavy atom. The Kier molecular flexibility index (Phi) is 6.35. The standard InChI is InChI=1S/C25H23N3O5/c1-2-22(23(29)27-16-11-15(24(30)31)12-26-13-16)28-25(32)33-14-21-19-9-5-3-7-17(19)18-8-4-6-10-20(18)21/h3-13,21-22H,2,14H2,1H3,(H,27,29)(H,28,32)(H,30,31)/t22-/m0/s1. The summed E-state index contributed by atoms with van der Waals surface area (Å²) in [5.41, 5.74) is 4.64. The van der Waals surface area contributed by atoms with Crippen molar-refractivity contribution < 1.29 is 24.2 Å². The van der Waals surface area contributed by atoms with E-state index in [4.69, 9.17) is 9.84 Å². The van der Waals surface area contributed by atoms with Gasteiger partial charge >= 0.3 is 12.1 Å². The maximum absolute atomic E-state index is 12.6. The molecule has 0 bridgehead atoms. The first kappa shape index (κ1) is 22.0. The van der Waals surface area contributed by atoms with E-state index in [-0.39, 0.29) is 23.8 Å². The highest BCUT2D eigenvalue weighted by molar-refractivity contribution is 5.97. The van der Waals surface area contributed by atoms with E-state index in [2.05, 4.69) is 27.8 Å². The van der Waals surface area contributed by atoms with Crippen LogP contribution in [-0.4, -0.2) is 40.7 Å². The summed E-state index contributed by atoms with van der Waals surface area (Å²) in [6.45, 7) is 1.89. The van der Waals surface area contributed by atoms with E-state index in [0.717, 1.165) is 22.3 Å². The molecule has 0 unspecified atom stereocenters. The fraction of sp³-hybridized carbons (Fsp3) is 0.200. The van der Waals surface area contributed by atoms with Crippen molar-refractivity contribution in [2.45, 2.75) is 25.3 Å². The topological polar surface area (TPSA) is 118 Å². The lowest BCUT2D eigenvalue weighted by Crippen LogP contribution is -2.43. The number of aromatic nitrogens is 1. The molecule has 1 aromatic heterocycles. The first-order chi connectivity index (χ1) is 16.0. The van der Waals surface area contributed by atoms with Crippen LogP contribution < -0.4 is 10.6 Å². The van der Waals surface area contributed by atoms with Gasteiger partial charge in [0.25, 0.3) is 0 Å². The van der Waals surface area contributed by atoms with Crippen molar-refractivity contribution >= 4 is 23.7 Å². The highest BCUT2D eigenvalue weighted by atomic mass is 16.5. The molecule has 4 rings (SSSR count). The van der Waals surface area contributed by atoms with Gasteiger partial charge in [0.15, 0.2) is 0 Å². The van der Waals surface area contributed by atoms with E-state index in [1.807, 2.05) is 36.4 Å². The van der Waals surface area contributed by atoms with Crippen LogP contribution in [0.5, 0.6) is 0 Å². The number of carbonyl (C=O) groups is 3. The molecule has 2 aromatic carbocycles. The van der Waals surface area contributed by atoms with Crippen molar-refractivity contribution in [3.05, 3.63) is 83.7 Å². The van der Waals surface area contributed by atoms with Crippen LogP contribution in [0.25, 0.3) is 11.1 Å². The molecule has 3 N–H and O–H groups in total. The Hall–Kier alpha value is -4.20. The maximum Gasteiger partial charge on any atom is 0.407 e. The number of alkyl carbamates (subject to hydrolysis) is 1. The van der Waals surface area contributed by atoms with E-state index >= 15 is 0 Å². The molecule has 1 atom stereocenters. The minimum atomic E-state index is -1.15. The third-order valence-corrected chi connectivity index (χ3v) is 5.61. The Labute approximate surface area is 190 Å². The summed E-state index contributed by atoms with van der Waals surface area (Å²) in [5.74, 6) is -1.72. The zero-order chi connectivity index (χ0) is 23.4. The molecule has 0 saturated carbocycles. The van der Waals surface area contributed by atoms with Gasteiger partial charge in [-0.25, -0.2) is 9.59 Å². The van der Waals surface area contributed by atoms with Crippen LogP contribution >= 0.6 is 0 Å². The van der Waals surface area contributed by atoms with Crippen LogP contribution in [-0.2, 0) is 9.53 Å². The predicted molar refractivity (Wildman–Crippen MR) is 122 cm³/mol. The number of anilines is 1. The summed E-state index contributed by atoms with van der Waals surface area (Å²) >= 11 is 0. The highest BCUT2D eigenvalue weighted by Crippen LogP contribution is 2.44. The van der Waals surface area contributed by atoms with Crippen LogP contribution in [0.2, 0.25) is 0 Å². The van der Waals surface area contributed by atoms with E-state index in [9.17, 15) is 14.4 Å². The first-order valence-electron chi connectivity index (χ1n) is 10.6. The number of fused-ring (bicyclic) bond motifs is 3. The maximum atomic E-state index is 12.6. The van der Waals surface area contributed by atoms with Gasteiger partial charge in [-0.15, -0.1) is 0 Å². The van der Waals surface area contributed by atoms with Crippen LogP contribution in [0.1, 0.15) is 40.7 Å². The molecule has 8 heteroatoms. The molecule has 0 fully saturated rings. The molecule has 1 aliphatic carbocycles. The number of hydrogen-bond donors (Lipinski definition) is 3. The number of benzene rings is 2. The zero-order valence-corrected chi connectivity index (χ0v) is 17.9. The number of ether oxygens (including phenoxy) is 1. The van der Waals surface area contributed by atoms with Gasteiger partial charge in [-0.1, -0.05) is 55.5 Å². The number of hydrogen-bond acceptors (Lipinski definition) is 5. The van der Waals surface area contributed by atoms with Crippen LogP contribution in [0.4, 0.5) is 10.5 Å². The molecule has 8 nitrogen and oxygen atoms in total. The van der Waals surface area contributed by atoms with E-state index in [1.165, 1.54) is 18.5 Å². The minimum Gasteiger partial charge on any atom is -0.478 e. The summed E-state index contributed by atoms with van der Waals surface area (Å²) in [6, 6.07) is 16.5. The smallest absolute Gasteiger partial charge is 0.407 e. The number of nitrogens with one attached hydrogen (secondary N) is 2. The van der Waals surface area contributed by atoms with Gasteiger partial charge in [0.2, 0.25) is 5.91 Å². The lowest BCUT2D eigenvalue weighted by atomic mass is 9.98. The lowest BCUT2D eigenvalue weighted by Gasteiger charge is -2.18. The van der Waals surface area contributed by atoms with Gasteiger partial charge in [-0.2, -0.15) is 0 Å². The fourth-order valence-electron chi connectivity index (χ4n) is 3.99. The van der Waals surface area contributed by atoms with Gasteiger partial charge < -0.3 is 20.5 Å². The second kappa shape index (κ2) is 9.52. The van der Waals surface area contributed by atoms with E-state index in [0.29, 0.717) is 6.42 Å². The van der Waals surface area contributed by atoms with Crippen LogP contribution in [0.3, 0.4) is 0 Å². The van der Waals surface area contributed by atoms with Gasteiger partial charge in [0.1, 0.15) is 12.6 Å². The van der Waals surface area contributed by atoms with Crippen molar-refractivity contribution in [2.24, 2.45) is 0 Å². The van der Waals surface area contributed by atoms with Crippen molar-refractivity contribution in [3.63, 3.8) is 0 Å². The molecule has 33 heavy (non-hydrogen) atoms. The highest BCUT2D eigenvalue weighted by Gasteiger charge is 2.29. The monoisotopic (exact) mass is 445 g/mol. The van der Waals surface area contributed by atoms with Crippen molar-refractivity contribution in [3.8, 4) is 11.1 Å². The first-order valence-corrected chi connectivity index (χ1v) is 10.6. The Morgan fingerprint density at radius 1 is 1.03 bits per heavy atom. The zero-order valence-electron chi connectivity index (χ0n) is 17.9. The summed E-state index contributed by atoms with van der Waals surface area (Å²) in [6.07, 6.45) is 2.15. The molecule has 0 spiro atoms. The van der Waals surface area contributed by atoms with Crippen molar-refractivity contribution in [2.75, 3.05) is 11.9 Å². The van der Waals surface area contributed by atoms with E-state index < -0.39 is 24.0 Å². The number of nitrogens with zero attached hydrogens (tertiary/aromatic N) is 1. The van der Waals surface area contributed by atoms with Gasteiger partial charge in [0, 0.05) is 12.1 Å². The molecule has 168 valence electrons. The second-order valence-corrected chi connectivity index (χ2v) is 7.69. The number of carboxylic acids is 1. The second-order valence-electron chi connectivity index (χ2n) is 7.69. The summed E-state index contributed by atoms with van der Waals surface area (Å²) in [4.78, 5) is 40.0. The third-order valence-electron chi connectivity index (χ3n) is 5.61. The van der Waals surface area contributed by atoms with Gasteiger partial charge in [-0.05, 0) is 34.7 Å². The number of pyridine rings is 1. The molecule has 3 aromatic rings. The van der Waals surface area contributed by atoms with Crippen LogP contribution in [0, 0.1) is 0 Å². The number of aromatic carboxylic acids is 1. The lowest BCUT2D eigenvalue weighted by molar-refractivity contribution is -0.118. The molecular weight excluding hydrogens is 422 g/mol. The summed E-state index contributed by atoms with van der Waals surface area (Å²) < 4.78 is 5.50. The summed E-state index contributed by atoms with van der Waals surface area (Å²) in [5, 5.41) is 14.2. The van der Waals surface area contributed by atoms with Crippen LogP contribution in [0.15, 0.2) is 67.0 Å². The molecule has 0 aliphatic heterocycles. The van der Waals surface area contributed by atoms with Gasteiger partial charge in [0.05, 0.1) is 17.4 Å².